The molecule has 4 rings (SSSR count). The third-order valence-corrected chi connectivity index (χ3v) is 6.01. The van der Waals surface area contributed by atoms with E-state index in [2.05, 4.69) is 17.0 Å². The molecular formula is C24H28N4O3. The Kier molecular flexibility index (Phi) is 5.93. The first-order chi connectivity index (χ1) is 15.0. The number of likely N-dealkylation sites (N-methyl/N-ethyl adjacent to an activating group) is 1. The minimum atomic E-state index is -0.453. The first kappa shape index (κ1) is 20.9. The number of benzene rings is 2. The monoisotopic (exact) mass is 420 g/mol. The molecule has 2 aromatic carbocycles. The van der Waals surface area contributed by atoms with Gasteiger partial charge in [0, 0.05) is 38.9 Å². The fourth-order valence-corrected chi connectivity index (χ4v) is 4.31. The zero-order chi connectivity index (χ0) is 22.0. The molecule has 0 radical (unpaired) electrons. The minimum Gasteiger partial charge on any atom is -0.371 e. The molecule has 162 valence electrons. The summed E-state index contributed by atoms with van der Waals surface area (Å²) in [7, 11) is 1.76. The molecule has 3 aromatic rings. The molecule has 7 heteroatoms. The molecule has 2 heterocycles. The van der Waals surface area contributed by atoms with E-state index in [0.29, 0.717) is 17.4 Å². The van der Waals surface area contributed by atoms with Gasteiger partial charge in [-0.05, 0) is 43.5 Å². The van der Waals surface area contributed by atoms with Crippen molar-refractivity contribution in [2.45, 2.75) is 39.4 Å². The lowest BCUT2D eigenvalue weighted by molar-refractivity contribution is -0.131. The Balaban J connectivity index is 1.62. The molecule has 1 amide bonds. The van der Waals surface area contributed by atoms with Gasteiger partial charge in [-0.15, -0.1) is 0 Å². The van der Waals surface area contributed by atoms with E-state index in [0.717, 1.165) is 18.7 Å². The lowest BCUT2D eigenvalue weighted by Gasteiger charge is -2.25. The van der Waals surface area contributed by atoms with Crippen molar-refractivity contribution in [2.75, 3.05) is 25.0 Å². The molecule has 1 fully saturated rings. The van der Waals surface area contributed by atoms with Gasteiger partial charge in [0.2, 0.25) is 5.91 Å². The maximum absolute atomic E-state index is 13.1. The van der Waals surface area contributed by atoms with Crippen LogP contribution in [0.5, 0.6) is 0 Å². The molecule has 0 atom stereocenters. The number of para-hydroxylation sites is 2. The van der Waals surface area contributed by atoms with Crippen LogP contribution in [-0.4, -0.2) is 40.1 Å². The van der Waals surface area contributed by atoms with Crippen molar-refractivity contribution >= 4 is 22.5 Å². The zero-order valence-corrected chi connectivity index (χ0v) is 18.1. The molecule has 1 aliphatic rings. The quantitative estimate of drug-likeness (QED) is 0.614. The summed E-state index contributed by atoms with van der Waals surface area (Å²) >= 11 is 0. The van der Waals surface area contributed by atoms with Crippen LogP contribution in [0.2, 0.25) is 0 Å². The standard InChI is InChI=1S/C24H28N4O3/c1-3-27-23(30)19-11-5-7-13-21(19)28(24(27)31)17-22(29)25(2)16-18-10-4-6-12-20(18)26-14-8-9-15-26/h4-7,10-13H,3,8-9,14-17H2,1-2H3. The fourth-order valence-electron chi connectivity index (χ4n) is 4.31. The Bertz CT molecular complexity index is 1220. The molecular weight excluding hydrogens is 392 g/mol. The molecule has 0 N–H and O–H groups in total. The van der Waals surface area contributed by atoms with Crippen molar-refractivity contribution in [3.05, 3.63) is 74.9 Å². The second kappa shape index (κ2) is 8.79. The van der Waals surface area contributed by atoms with Crippen molar-refractivity contribution in [3.63, 3.8) is 0 Å². The number of amides is 1. The summed E-state index contributed by atoms with van der Waals surface area (Å²) < 4.78 is 2.59. The number of fused-ring (bicyclic) bond motifs is 1. The van der Waals surface area contributed by atoms with Gasteiger partial charge in [-0.2, -0.15) is 0 Å². The summed E-state index contributed by atoms with van der Waals surface area (Å²) in [6.07, 6.45) is 2.37. The first-order valence-electron chi connectivity index (χ1n) is 10.8. The number of anilines is 1. The Labute approximate surface area is 181 Å². The molecule has 0 saturated carbocycles. The van der Waals surface area contributed by atoms with Crippen LogP contribution in [0.4, 0.5) is 5.69 Å². The van der Waals surface area contributed by atoms with Gasteiger partial charge in [0.1, 0.15) is 6.54 Å². The van der Waals surface area contributed by atoms with Gasteiger partial charge in [0.05, 0.1) is 10.9 Å². The lowest BCUT2D eigenvalue weighted by Crippen LogP contribution is -2.42. The van der Waals surface area contributed by atoms with E-state index in [1.54, 1.807) is 43.1 Å². The molecule has 0 spiro atoms. The van der Waals surface area contributed by atoms with Crippen molar-refractivity contribution in [1.82, 2.24) is 14.0 Å². The van der Waals surface area contributed by atoms with Crippen LogP contribution in [-0.2, 0) is 24.4 Å². The predicted molar refractivity (Wildman–Crippen MR) is 123 cm³/mol. The van der Waals surface area contributed by atoms with Gasteiger partial charge in [-0.3, -0.25) is 18.7 Å². The van der Waals surface area contributed by atoms with E-state index in [-0.39, 0.29) is 24.6 Å². The summed E-state index contributed by atoms with van der Waals surface area (Å²) in [5.41, 5.74) is 1.98. The number of rotatable bonds is 6. The summed E-state index contributed by atoms with van der Waals surface area (Å²) in [5, 5.41) is 0.443. The second-order valence-corrected chi connectivity index (χ2v) is 8.01. The van der Waals surface area contributed by atoms with Crippen LogP contribution in [0.3, 0.4) is 0 Å². The van der Waals surface area contributed by atoms with E-state index in [1.807, 2.05) is 12.1 Å². The predicted octanol–water partition coefficient (Wildman–Crippen LogP) is 2.44. The molecule has 0 aliphatic carbocycles. The maximum atomic E-state index is 13.1. The number of hydrogen-bond acceptors (Lipinski definition) is 4. The maximum Gasteiger partial charge on any atom is 0.331 e. The molecule has 1 saturated heterocycles. The van der Waals surface area contributed by atoms with Gasteiger partial charge in [0.25, 0.3) is 5.56 Å². The highest BCUT2D eigenvalue weighted by Gasteiger charge is 2.19. The highest BCUT2D eigenvalue weighted by Crippen LogP contribution is 2.25. The van der Waals surface area contributed by atoms with E-state index >= 15 is 0 Å². The number of hydrogen-bond donors (Lipinski definition) is 0. The van der Waals surface area contributed by atoms with E-state index in [1.165, 1.54) is 27.7 Å². The Morgan fingerprint density at radius 2 is 1.65 bits per heavy atom. The third kappa shape index (κ3) is 4.00. The largest absolute Gasteiger partial charge is 0.371 e. The van der Waals surface area contributed by atoms with Crippen LogP contribution in [0, 0.1) is 0 Å². The third-order valence-electron chi connectivity index (χ3n) is 6.01. The summed E-state index contributed by atoms with van der Waals surface area (Å²) in [6.45, 7) is 4.44. The van der Waals surface area contributed by atoms with Crippen molar-refractivity contribution in [1.29, 1.82) is 0 Å². The Hall–Kier alpha value is -3.35. The number of nitrogens with zero attached hydrogens (tertiary/aromatic N) is 4. The van der Waals surface area contributed by atoms with Crippen LogP contribution in [0.25, 0.3) is 10.9 Å². The number of aromatic nitrogens is 2. The summed E-state index contributed by atoms with van der Waals surface area (Å²) in [6, 6.07) is 15.1. The molecule has 0 unspecified atom stereocenters. The molecule has 1 aromatic heterocycles. The normalized spacial score (nSPS) is 13.7. The fraction of sp³-hybridized carbons (Fsp3) is 0.375. The van der Waals surface area contributed by atoms with Gasteiger partial charge in [0.15, 0.2) is 0 Å². The molecule has 7 nitrogen and oxygen atoms in total. The van der Waals surface area contributed by atoms with Crippen LogP contribution in [0.1, 0.15) is 25.3 Å². The van der Waals surface area contributed by atoms with E-state index < -0.39 is 5.69 Å². The smallest absolute Gasteiger partial charge is 0.331 e. The Morgan fingerprint density at radius 1 is 0.968 bits per heavy atom. The summed E-state index contributed by atoms with van der Waals surface area (Å²) in [4.78, 5) is 42.6. The topological polar surface area (TPSA) is 67.6 Å². The zero-order valence-electron chi connectivity index (χ0n) is 18.1. The van der Waals surface area contributed by atoms with Crippen LogP contribution in [0.15, 0.2) is 58.1 Å². The highest BCUT2D eigenvalue weighted by molar-refractivity contribution is 5.81. The van der Waals surface area contributed by atoms with Crippen molar-refractivity contribution in [3.8, 4) is 0 Å². The van der Waals surface area contributed by atoms with Gasteiger partial charge >= 0.3 is 5.69 Å². The number of carbonyl (C=O) groups is 1. The van der Waals surface area contributed by atoms with Gasteiger partial charge < -0.3 is 9.80 Å². The van der Waals surface area contributed by atoms with Gasteiger partial charge in [-0.1, -0.05) is 30.3 Å². The second-order valence-electron chi connectivity index (χ2n) is 8.01. The summed E-state index contributed by atoms with van der Waals surface area (Å²) in [5.74, 6) is -0.176. The van der Waals surface area contributed by atoms with Gasteiger partial charge in [-0.25, -0.2) is 4.79 Å². The molecule has 1 aliphatic heterocycles. The highest BCUT2D eigenvalue weighted by atomic mass is 16.2. The SMILES string of the molecule is CCn1c(=O)c2ccccc2n(CC(=O)N(C)Cc2ccccc2N2CCCC2)c1=O. The average Bonchev–Trinajstić information content (AvgIpc) is 3.32. The minimum absolute atomic E-state index is 0.109. The average molecular weight is 421 g/mol. The van der Waals surface area contributed by atoms with E-state index in [4.69, 9.17) is 0 Å². The molecule has 31 heavy (non-hydrogen) atoms. The van der Waals surface area contributed by atoms with Crippen molar-refractivity contribution in [2.24, 2.45) is 0 Å². The lowest BCUT2D eigenvalue weighted by atomic mass is 10.1. The number of carbonyl (C=O) groups excluding carboxylic acids is 1. The van der Waals surface area contributed by atoms with E-state index in [9.17, 15) is 14.4 Å². The van der Waals surface area contributed by atoms with Crippen LogP contribution < -0.4 is 16.1 Å². The first-order valence-corrected chi connectivity index (χ1v) is 10.8. The van der Waals surface area contributed by atoms with Crippen molar-refractivity contribution < 1.29 is 4.79 Å². The van der Waals surface area contributed by atoms with Crippen LogP contribution >= 0.6 is 0 Å². The molecule has 0 bridgehead atoms. The Morgan fingerprint density at radius 3 is 2.39 bits per heavy atom.